The van der Waals surface area contributed by atoms with E-state index < -0.39 is 11.2 Å². The molecular weight excluding hydrogens is 363 g/mol. The predicted octanol–water partition coefficient (Wildman–Crippen LogP) is 3.62. The molecule has 0 saturated heterocycles. The molecule has 3 rings (SSSR count). The van der Waals surface area contributed by atoms with Gasteiger partial charge in [-0.25, -0.2) is 0 Å². The van der Waals surface area contributed by atoms with Gasteiger partial charge in [0, 0.05) is 17.0 Å². The molecule has 26 heavy (non-hydrogen) atoms. The van der Waals surface area contributed by atoms with E-state index >= 15 is 0 Å². The molecule has 0 aliphatic carbocycles. The fourth-order valence-corrected chi connectivity index (χ4v) is 4.38. The van der Waals surface area contributed by atoms with Gasteiger partial charge in [-0.2, -0.15) is 0 Å². The molecule has 0 bridgehead atoms. The summed E-state index contributed by atoms with van der Waals surface area (Å²) in [5.41, 5.74) is 5.19. The highest BCUT2D eigenvalue weighted by atomic mass is 32.3. The largest absolute Gasteiger partial charge is 0.611 e. The van der Waals surface area contributed by atoms with Gasteiger partial charge in [-0.15, -0.1) is 0 Å². The minimum atomic E-state index is -1.02. The number of hydrogen-bond acceptors (Lipinski definition) is 4. The molecule has 2 aromatic carbocycles. The number of thioether (sulfide) groups is 1. The third-order valence-electron chi connectivity index (χ3n) is 4.22. The van der Waals surface area contributed by atoms with Gasteiger partial charge in [-0.05, 0) is 59.1 Å². The van der Waals surface area contributed by atoms with E-state index in [1.807, 2.05) is 51.4 Å². The van der Waals surface area contributed by atoms with Crippen molar-refractivity contribution in [2.24, 2.45) is 0 Å². The lowest BCUT2D eigenvalue weighted by atomic mass is 9.92. The molecule has 0 N–H and O–H groups in total. The molecule has 0 amide bonds. The molecule has 3 aromatic rings. The second-order valence-corrected chi connectivity index (χ2v) is 8.60. The number of ether oxygens (including phenoxy) is 1. The van der Waals surface area contributed by atoms with Crippen LogP contribution in [0.1, 0.15) is 16.7 Å². The van der Waals surface area contributed by atoms with E-state index in [2.05, 4.69) is 12.1 Å². The molecule has 1 atom stereocenters. The summed E-state index contributed by atoms with van der Waals surface area (Å²) in [6.07, 6.45) is 7.32. The van der Waals surface area contributed by atoms with Gasteiger partial charge in [0.15, 0.2) is 4.24 Å². The highest BCUT2D eigenvalue weighted by molar-refractivity contribution is 8.18. The molecule has 1 heterocycles. The lowest BCUT2D eigenvalue weighted by Gasteiger charge is -2.13. The van der Waals surface area contributed by atoms with Gasteiger partial charge in [0.2, 0.25) is 0 Å². The maximum absolute atomic E-state index is 11.9. The Bertz CT molecular complexity index is 947. The predicted molar refractivity (Wildman–Crippen MR) is 115 cm³/mol. The summed E-state index contributed by atoms with van der Waals surface area (Å²) in [5, 5.41) is 1.08. The summed E-state index contributed by atoms with van der Waals surface area (Å²) in [4.78, 5) is 0. The van der Waals surface area contributed by atoms with Crippen molar-refractivity contribution in [1.82, 2.24) is 0 Å². The van der Waals surface area contributed by atoms with Crippen LogP contribution in [0.3, 0.4) is 0 Å². The van der Waals surface area contributed by atoms with Gasteiger partial charge in [-0.1, -0.05) is 30.0 Å². The van der Waals surface area contributed by atoms with Crippen molar-refractivity contribution in [2.75, 3.05) is 12.5 Å². The van der Waals surface area contributed by atoms with E-state index in [0.29, 0.717) is 6.61 Å². The van der Waals surface area contributed by atoms with Crippen LogP contribution < -0.4 is 10.2 Å². The van der Waals surface area contributed by atoms with Crippen LogP contribution in [-0.2, 0) is 17.8 Å². The van der Waals surface area contributed by atoms with Crippen LogP contribution in [0.15, 0.2) is 51.3 Å². The molecule has 0 aliphatic heterocycles. The zero-order chi connectivity index (χ0) is 18.7. The molecular formula is C20H21BO3S2. The van der Waals surface area contributed by atoms with Gasteiger partial charge in [0.1, 0.15) is 32.0 Å². The summed E-state index contributed by atoms with van der Waals surface area (Å²) < 4.78 is 24.3. The van der Waals surface area contributed by atoms with E-state index in [4.69, 9.17) is 9.15 Å². The second kappa shape index (κ2) is 8.29. The maximum Gasteiger partial charge on any atom is 0.186 e. The number of fused-ring (bicyclic) bond motifs is 1. The molecule has 134 valence electrons. The monoisotopic (exact) mass is 384 g/mol. The van der Waals surface area contributed by atoms with Crippen molar-refractivity contribution in [3.05, 3.63) is 63.6 Å². The number of hydrogen-bond donors (Lipinski definition) is 0. The Kier molecular flexibility index (Phi) is 6.07. The minimum absolute atomic E-state index is 0.468. The molecule has 1 aromatic heterocycles. The molecule has 6 heteroatoms. The van der Waals surface area contributed by atoms with E-state index in [0.717, 1.165) is 43.1 Å². The van der Waals surface area contributed by atoms with Crippen LogP contribution >= 0.6 is 11.8 Å². The maximum atomic E-state index is 11.9. The highest BCUT2D eigenvalue weighted by Crippen LogP contribution is 2.30. The third kappa shape index (κ3) is 4.14. The first-order valence-corrected chi connectivity index (χ1v) is 11.1. The Morgan fingerprint density at radius 1 is 1.35 bits per heavy atom. The van der Waals surface area contributed by atoms with Gasteiger partial charge in [-0.3, -0.25) is 0 Å². The molecule has 0 radical (unpaired) electrons. The first kappa shape index (κ1) is 19.0. The van der Waals surface area contributed by atoms with E-state index in [1.54, 1.807) is 12.5 Å². The summed E-state index contributed by atoms with van der Waals surface area (Å²) in [6.45, 7) is 2.51. The van der Waals surface area contributed by atoms with Crippen molar-refractivity contribution < 1.29 is 13.7 Å². The topological polar surface area (TPSA) is 45.4 Å². The summed E-state index contributed by atoms with van der Waals surface area (Å²) in [5.74, 6) is 0.798. The van der Waals surface area contributed by atoms with Crippen LogP contribution in [0.5, 0.6) is 5.75 Å². The van der Waals surface area contributed by atoms with E-state index in [-0.39, 0.29) is 0 Å². The molecule has 0 aliphatic rings. The summed E-state index contributed by atoms with van der Waals surface area (Å²) in [7, 11) is 2.04. The SMILES string of the molecule is Bc1cc(COc2cccc(C)c2/C=C(\SC)[S+](C)[O-])cc2ccoc12. The molecule has 0 saturated carbocycles. The van der Waals surface area contributed by atoms with Crippen molar-refractivity contribution in [3.63, 3.8) is 0 Å². The first-order valence-electron chi connectivity index (χ1n) is 8.28. The van der Waals surface area contributed by atoms with Crippen LogP contribution in [0.25, 0.3) is 17.0 Å². The smallest absolute Gasteiger partial charge is 0.186 e. The Hall–Kier alpha value is -1.76. The van der Waals surface area contributed by atoms with Crippen LogP contribution in [-0.4, -0.2) is 24.9 Å². The van der Waals surface area contributed by atoms with Crippen molar-refractivity contribution >= 4 is 53.3 Å². The number of benzene rings is 2. The van der Waals surface area contributed by atoms with Crippen molar-refractivity contribution in [1.29, 1.82) is 0 Å². The first-order chi connectivity index (χ1) is 12.5. The molecule has 3 nitrogen and oxygen atoms in total. The Morgan fingerprint density at radius 2 is 2.15 bits per heavy atom. The molecule has 0 spiro atoms. The Balaban J connectivity index is 1.88. The third-order valence-corrected chi connectivity index (χ3v) is 6.63. The second-order valence-electron chi connectivity index (χ2n) is 6.15. The standard InChI is InChI=1S/C20H21BO3S2/c1-13-5-4-6-18(16(13)11-19(25-2)26(3)22)24-12-14-9-15-7-8-23-20(15)17(21)10-14/h4-11H,12,21H2,1-3H3/b19-11+. The highest BCUT2D eigenvalue weighted by Gasteiger charge is 2.12. The minimum Gasteiger partial charge on any atom is -0.611 e. The average Bonchev–Trinajstić information content (AvgIpc) is 3.08. The zero-order valence-corrected chi connectivity index (χ0v) is 17.0. The van der Waals surface area contributed by atoms with Crippen molar-refractivity contribution in [2.45, 2.75) is 13.5 Å². The average molecular weight is 384 g/mol. The van der Waals surface area contributed by atoms with Crippen LogP contribution in [0, 0.1) is 6.92 Å². The van der Waals surface area contributed by atoms with Gasteiger partial charge in [0.05, 0.1) is 6.26 Å². The quantitative estimate of drug-likeness (QED) is 0.481. The number of rotatable bonds is 6. The lowest BCUT2D eigenvalue weighted by Crippen LogP contribution is -2.07. The normalized spacial score (nSPS) is 13.2. The number of aryl methyl sites for hydroxylation is 1. The van der Waals surface area contributed by atoms with Crippen molar-refractivity contribution in [3.8, 4) is 5.75 Å². The van der Waals surface area contributed by atoms with E-state index in [9.17, 15) is 4.55 Å². The zero-order valence-electron chi connectivity index (χ0n) is 15.4. The molecule has 1 unspecified atom stereocenters. The van der Waals surface area contributed by atoms with Crippen LogP contribution in [0.2, 0.25) is 0 Å². The fraction of sp³-hybridized carbons (Fsp3) is 0.200. The number of furan rings is 1. The Labute approximate surface area is 162 Å². The van der Waals surface area contributed by atoms with Gasteiger partial charge in [0.25, 0.3) is 0 Å². The van der Waals surface area contributed by atoms with Gasteiger partial charge >= 0.3 is 0 Å². The molecule has 0 fully saturated rings. The summed E-state index contributed by atoms with van der Waals surface area (Å²) >= 11 is 0.488. The van der Waals surface area contributed by atoms with E-state index in [1.165, 1.54) is 11.8 Å². The van der Waals surface area contributed by atoms with Crippen LogP contribution in [0.4, 0.5) is 0 Å². The summed E-state index contributed by atoms with van der Waals surface area (Å²) in [6, 6.07) is 12.1. The van der Waals surface area contributed by atoms with Gasteiger partial charge < -0.3 is 13.7 Å². The lowest BCUT2D eigenvalue weighted by molar-refractivity contribution is 0.305. The fourth-order valence-electron chi connectivity index (χ4n) is 2.92. The Morgan fingerprint density at radius 3 is 2.88 bits per heavy atom.